The number of piperazine rings is 1. The number of carbonyl (C=O) groups is 1. The highest BCUT2D eigenvalue weighted by atomic mass is 35.5. The molecule has 0 spiro atoms. The molecule has 1 saturated carbocycles. The molecule has 3 aromatic heterocycles. The summed E-state index contributed by atoms with van der Waals surface area (Å²) in [5.74, 6) is 0.502. The highest BCUT2D eigenvalue weighted by molar-refractivity contribution is 7.22. The normalized spacial score (nSPS) is 19.3. The second-order valence-electron chi connectivity index (χ2n) is 19.7. The number of halogens is 3. The second-order valence-corrected chi connectivity index (χ2v) is 21.5. The van der Waals surface area contributed by atoms with E-state index in [2.05, 4.69) is 31.8 Å². The number of benzene rings is 3. The SMILES string of the molecule is COCCOCCOCCOCCO[C@H]1CC[C@H](c2nccc(COc3ccc4cc3C[C@H](C(=O)O)Oc3ncnc5sc(-c6ccc(F)cc6)c(c35)-c3c(C)c(Cl)c(c(Cl)c3C)O[C@H](CN3CCN(C)CC3)CO4)n2)CC1. The van der Waals surface area contributed by atoms with Crippen molar-refractivity contribution in [2.24, 2.45) is 0 Å². The van der Waals surface area contributed by atoms with Crippen LogP contribution in [0.5, 0.6) is 23.1 Å². The number of thiophene rings is 1. The molecular weight excluding hydrogens is 1070 g/mol. The number of methoxy groups -OCH3 is 1. The largest absolute Gasteiger partial charge is 0.490 e. The van der Waals surface area contributed by atoms with Crippen LogP contribution in [0.3, 0.4) is 0 Å². The van der Waals surface area contributed by atoms with E-state index < -0.39 is 24.0 Å². The molecule has 0 radical (unpaired) electrons. The van der Waals surface area contributed by atoms with Gasteiger partial charge in [-0.3, -0.25) is 4.90 Å². The molecule has 6 heterocycles. The lowest BCUT2D eigenvalue weighted by atomic mass is 9.87. The van der Waals surface area contributed by atoms with Crippen LogP contribution in [0.15, 0.2) is 61.1 Å². The van der Waals surface area contributed by atoms with Crippen LogP contribution in [0.4, 0.5) is 4.39 Å². The molecule has 4 aliphatic rings. The zero-order valence-electron chi connectivity index (χ0n) is 44.5. The first-order valence-electron chi connectivity index (χ1n) is 26.5. The lowest BCUT2D eigenvalue weighted by Gasteiger charge is -2.35. The van der Waals surface area contributed by atoms with Crippen molar-refractivity contribution in [3.63, 3.8) is 0 Å². The van der Waals surface area contributed by atoms with Crippen molar-refractivity contribution in [2.75, 3.05) is 106 Å². The van der Waals surface area contributed by atoms with Crippen molar-refractivity contribution in [1.82, 2.24) is 29.7 Å². The Kier molecular flexibility index (Phi) is 20.4. The summed E-state index contributed by atoms with van der Waals surface area (Å²) in [5, 5.41) is 12.0. The topological polar surface area (TPSA) is 178 Å². The van der Waals surface area contributed by atoms with Gasteiger partial charge in [-0.15, -0.1) is 11.3 Å². The van der Waals surface area contributed by atoms with E-state index in [0.29, 0.717) is 141 Å². The second kappa shape index (κ2) is 27.7. The third-order valence-corrected chi connectivity index (χ3v) is 16.3. The van der Waals surface area contributed by atoms with Gasteiger partial charge in [-0.1, -0.05) is 35.3 Å². The average Bonchev–Trinajstić information content (AvgIpc) is 3.87. The summed E-state index contributed by atoms with van der Waals surface area (Å²) in [6.45, 7) is 12.1. The number of rotatable bonds is 21. The van der Waals surface area contributed by atoms with Gasteiger partial charge in [-0.05, 0) is 105 Å². The van der Waals surface area contributed by atoms with Crippen molar-refractivity contribution in [2.45, 2.75) is 76.8 Å². The molecule has 6 aromatic rings. The Balaban J connectivity index is 0.950. The minimum Gasteiger partial charge on any atom is -0.490 e. The maximum absolute atomic E-state index is 14.4. The minimum absolute atomic E-state index is 0.0293. The van der Waals surface area contributed by atoms with Crippen LogP contribution in [0.1, 0.15) is 59.8 Å². The third-order valence-electron chi connectivity index (χ3n) is 14.3. The number of hydrogen-bond donors (Lipinski definition) is 1. The number of carboxylic acids is 1. The highest BCUT2D eigenvalue weighted by Crippen LogP contribution is 2.53. The Morgan fingerprint density at radius 3 is 2.22 bits per heavy atom. The molecule has 418 valence electrons. The molecule has 1 N–H and O–H groups in total. The Morgan fingerprint density at radius 2 is 1.53 bits per heavy atom. The van der Waals surface area contributed by atoms with Gasteiger partial charge in [0.15, 0.2) is 5.75 Å². The molecule has 1 saturated heterocycles. The number of aromatic nitrogens is 4. The molecule has 3 aliphatic heterocycles. The predicted octanol–water partition coefficient (Wildman–Crippen LogP) is 9.66. The van der Waals surface area contributed by atoms with E-state index in [4.69, 9.17) is 70.8 Å². The number of nitrogens with zero attached hydrogens (tertiary/aromatic N) is 6. The molecule has 2 atom stereocenters. The van der Waals surface area contributed by atoms with Gasteiger partial charge >= 0.3 is 5.97 Å². The third kappa shape index (κ3) is 14.5. The molecule has 10 rings (SSSR count). The molecule has 78 heavy (non-hydrogen) atoms. The van der Waals surface area contributed by atoms with E-state index in [-0.39, 0.29) is 37.5 Å². The number of hydrogen-bond acceptors (Lipinski definition) is 17. The van der Waals surface area contributed by atoms with Gasteiger partial charge in [0, 0.05) is 74.4 Å². The first-order chi connectivity index (χ1) is 37.9. The van der Waals surface area contributed by atoms with Crippen LogP contribution in [-0.2, 0) is 41.5 Å². The summed E-state index contributed by atoms with van der Waals surface area (Å²) in [6, 6.07) is 13.3. The fourth-order valence-corrected chi connectivity index (χ4v) is 11.7. The Hall–Kier alpha value is -5.32. The summed E-state index contributed by atoms with van der Waals surface area (Å²) in [4.78, 5) is 38.1. The smallest absolute Gasteiger partial charge is 0.345 e. The summed E-state index contributed by atoms with van der Waals surface area (Å²) in [5.41, 5.74) is 4.45. The minimum atomic E-state index is -1.47. The Labute approximate surface area is 468 Å². The van der Waals surface area contributed by atoms with Gasteiger partial charge in [0.25, 0.3) is 0 Å². The quantitative estimate of drug-likeness (QED) is 0.0673. The van der Waals surface area contributed by atoms with Crippen molar-refractivity contribution >= 4 is 50.7 Å². The van der Waals surface area contributed by atoms with Crippen LogP contribution in [0.2, 0.25) is 10.0 Å². The van der Waals surface area contributed by atoms with Crippen molar-refractivity contribution in [1.29, 1.82) is 0 Å². The number of carboxylic acid groups (broad SMARTS) is 1. The van der Waals surface area contributed by atoms with Crippen molar-refractivity contribution in [3.05, 3.63) is 105 Å². The summed E-state index contributed by atoms with van der Waals surface area (Å²) < 4.78 is 68.7. The number of likely N-dealkylation sites (N-methyl/N-ethyl adjacent to an activating group) is 1. The molecule has 21 heteroatoms. The fourth-order valence-electron chi connectivity index (χ4n) is 10.0. The molecule has 0 unspecified atom stereocenters. The van der Waals surface area contributed by atoms with Gasteiger partial charge in [-0.2, -0.15) is 0 Å². The molecule has 17 nitrogen and oxygen atoms in total. The van der Waals surface area contributed by atoms with E-state index >= 15 is 0 Å². The van der Waals surface area contributed by atoms with Crippen LogP contribution in [0.25, 0.3) is 31.8 Å². The zero-order valence-corrected chi connectivity index (χ0v) is 46.8. The molecule has 0 amide bonds. The van der Waals surface area contributed by atoms with Gasteiger partial charge in [-0.25, -0.2) is 29.1 Å². The van der Waals surface area contributed by atoms with E-state index in [1.54, 1.807) is 43.6 Å². The van der Waals surface area contributed by atoms with Crippen molar-refractivity contribution < 1.29 is 56.9 Å². The molecule has 1 aliphatic carbocycles. The Bertz CT molecular complexity index is 2930. The van der Waals surface area contributed by atoms with E-state index in [9.17, 15) is 14.3 Å². The number of fused-ring (bicyclic) bond motifs is 7. The standard InChI is InChI=1S/C57H67Cl2FN6O11S/c1-35-47-36(2)51(59)52(50(35)58)76-44(31-66-19-17-65(3)18-20-66)33-74-43-13-14-45(39(29-43)30-46(57(67)68)77-55-49-48(47)53(78-56(49)63-34-62-55)37-5-9-40(60)10-6-37)75-32-41-15-16-61-54(64-41)38-7-11-42(12-8-38)73-28-27-72-26-25-71-24-23-70-22-21-69-4/h5-6,9-10,13-16,29,34,38,42,44,46H,7-8,11-12,17-28,30-33H2,1-4H3,(H,67,68)/t38-,42-,44-,46-/m1/s1. The molecule has 2 fully saturated rings. The summed E-state index contributed by atoms with van der Waals surface area (Å²) in [6.07, 6.45) is 4.59. The fraction of sp³-hybridized carbons (Fsp3) is 0.491. The van der Waals surface area contributed by atoms with Gasteiger partial charge < -0.3 is 52.6 Å². The van der Waals surface area contributed by atoms with E-state index in [1.807, 2.05) is 19.9 Å². The van der Waals surface area contributed by atoms with Crippen LogP contribution >= 0.6 is 34.5 Å². The zero-order chi connectivity index (χ0) is 54.5. The maximum atomic E-state index is 14.4. The molecule has 3 aromatic carbocycles. The summed E-state index contributed by atoms with van der Waals surface area (Å²) >= 11 is 16.1. The first-order valence-corrected chi connectivity index (χ1v) is 28.0. The first kappa shape index (κ1) is 57.4. The van der Waals surface area contributed by atoms with Gasteiger partial charge in [0.2, 0.25) is 12.0 Å². The average molecular weight is 1130 g/mol. The van der Waals surface area contributed by atoms with Crippen LogP contribution in [-0.4, -0.2) is 165 Å². The van der Waals surface area contributed by atoms with Crippen molar-refractivity contribution in [3.8, 4) is 44.7 Å². The molecular formula is C57H67Cl2FN6O11S. The lowest BCUT2D eigenvalue weighted by Crippen LogP contribution is -2.49. The highest BCUT2D eigenvalue weighted by Gasteiger charge is 2.33. The lowest BCUT2D eigenvalue weighted by molar-refractivity contribution is -0.145. The van der Waals surface area contributed by atoms with Gasteiger partial charge in [0.1, 0.15) is 53.6 Å². The number of ether oxygens (including phenoxy) is 9. The van der Waals surface area contributed by atoms with Crippen LogP contribution < -0.4 is 18.9 Å². The maximum Gasteiger partial charge on any atom is 0.345 e. The summed E-state index contributed by atoms with van der Waals surface area (Å²) in [7, 11) is 3.75. The molecule has 4 bridgehead atoms. The predicted molar refractivity (Wildman–Crippen MR) is 295 cm³/mol. The number of aliphatic carboxylic acids is 1. The van der Waals surface area contributed by atoms with Crippen LogP contribution in [0, 0.1) is 19.7 Å². The Morgan fingerprint density at radius 1 is 0.833 bits per heavy atom. The van der Waals surface area contributed by atoms with Gasteiger partial charge in [0.05, 0.1) is 80.1 Å². The van der Waals surface area contributed by atoms with E-state index in [1.165, 1.54) is 29.8 Å². The van der Waals surface area contributed by atoms with E-state index in [0.717, 1.165) is 57.7 Å². The monoisotopic (exact) mass is 1130 g/mol.